The second-order valence-electron chi connectivity index (χ2n) is 3.88. The van der Waals surface area contributed by atoms with Crippen molar-refractivity contribution in [3.05, 3.63) is 0 Å². The minimum atomic E-state index is 0.310. The fourth-order valence-corrected chi connectivity index (χ4v) is 1.09. The van der Waals surface area contributed by atoms with E-state index in [-0.39, 0.29) is 0 Å². The quantitative estimate of drug-likeness (QED) is 0.662. The molecule has 2 nitrogen and oxygen atoms in total. The first-order chi connectivity index (χ1) is 5.04. The molecule has 2 heteroatoms. The summed E-state index contributed by atoms with van der Waals surface area (Å²) in [6, 6.07) is 0. The highest BCUT2D eigenvalue weighted by atomic mass is 16.5. The maximum atomic E-state index is 5.51. The van der Waals surface area contributed by atoms with Crippen LogP contribution in [0, 0.1) is 11.3 Å². The second-order valence-corrected chi connectivity index (χ2v) is 3.88. The predicted octanol–water partition coefficient (Wildman–Crippen LogP) is 1.64. The Hall–Kier alpha value is -0.0800. The highest BCUT2D eigenvalue weighted by molar-refractivity contribution is 4.75. The lowest BCUT2D eigenvalue weighted by Gasteiger charge is -2.30. The van der Waals surface area contributed by atoms with Gasteiger partial charge in [-0.05, 0) is 24.3 Å². The van der Waals surface area contributed by atoms with E-state index in [4.69, 9.17) is 10.5 Å². The van der Waals surface area contributed by atoms with Gasteiger partial charge in [0.05, 0.1) is 0 Å². The first kappa shape index (κ1) is 10.9. The molecule has 0 aromatic heterocycles. The Morgan fingerprint density at radius 2 is 2.00 bits per heavy atom. The predicted molar refractivity (Wildman–Crippen MR) is 48.5 cm³/mol. The van der Waals surface area contributed by atoms with Crippen LogP contribution in [-0.4, -0.2) is 20.3 Å². The zero-order valence-corrected chi connectivity index (χ0v) is 8.18. The van der Waals surface area contributed by atoms with Crippen molar-refractivity contribution >= 4 is 0 Å². The summed E-state index contributed by atoms with van der Waals surface area (Å²) in [6.45, 7) is 8.28. The third-order valence-corrected chi connectivity index (χ3v) is 2.54. The minimum absolute atomic E-state index is 0.310. The van der Waals surface area contributed by atoms with Gasteiger partial charge in [0.15, 0.2) is 0 Å². The summed E-state index contributed by atoms with van der Waals surface area (Å²) in [5.74, 6) is 0.580. The Labute approximate surface area is 70.1 Å². The lowest BCUT2D eigenvalue weighted by molar-refractivity contribution is 0.0877. The molecule has 11 heavy (non-hydrogen) atoms. The summed E-state index contributed by atoms with van der Waals surface area (Å²) in [5.41, 5.74) is 5.82. The summed E-state index contributed by atoms with van der Waals surface area (Å²) in [5, 5.41) is 0. The average molecular weight is 159 g/mol. The van der Waals surface area contributed by atoms with Gasteiger partial charge in [0.1, 0.15) is 0 Å². The molecule has 0 fully saturated rings. The van der Waals surface area contributed by atoms with Gasteiger partial charge in [0.2, 0.25) is 0 Å². The van der Waals surface area contributed by atoms with Crippen LogP contribution in [0.1, 0.15) is 27.2 Å². The Morgan fingerprint density at radius 1 is 1.45 bits per heavy atom. The van der Waals surface area contributed by atoms with E-state index in [1.54, 1.807) is 7.11 Å². The van der Waals surface area contributed by atoms with E-state index in [1.807, 2.05) is 0 Å². The van der Waals surface area contributed by atoms with Gasteiger partial charge in [-0.2, -0.15) is 0 Å². The fraction of sp³-hybridized carbons (Fsp3) is 1.00. The molecule has 0 aromatic carbocycles. The third kappa shape index (κ3) is 3.73. The highest BCUT2D eigenvalue weighted by Crippen LogP contribution is 2.29. The molecule has 0 aliphatic carbocycles. The highest BCUT2D eigenvalue weighted by Gasteiger charge is 2.24. The number of hydrogen-bond acceptors (Lipinski definition) is 2. The number of ether oxygens (including phenoxy) is 1. The van der Waals surface area contributed by atoms with E-state index in [1.165, 1.54) is 0 Å². The van der Waals surface area contributed by atoms with E-state index >= 15 is 0 Å². The fourth-order valence-electron chi connectivity index (χ4n) is 1.09. The molecule has 0 saturated heterocycles. The van der Waals surface area contributed by atoms with Crippen LogP contribution in [0.15, 0.2) is 0 Å². The molecule has 0 amide bonds. The molecule has 0 aromatic rings. The lowest BCUT2D eigenvalue weighted by Crippen LogP contribution is -2.27. The van der Waals surface area contributed by atoms with Crippen molar-refractivity contribution in [2.45, 2.75) is 27.2 Å². The monoisotopic (exact) mass is 159 g/mol. The van der Waals surface area contributed by atoms with Gasteiger partial charge in [-0.15, -0.1) is 0 Å². The Bertz CT molecular complexity index is 102. The summed E-state index contributed by atoms with van der Waals surface area (Å²) >= 11 is 0. The summed E-state index contributed by atoms with van der Waals surface area (Å²) in [6.07, 6.45) is 1.07. The van der Waals surface area contributed by atoms with Crippen molar-refractivity contribution in [1.82, 2.24) is 0 Å². The van der Waals surface area contributed by atoms with Gasteiger partial charge in [-0.3, -0.25) is 0 Å². The summed E-state index contributed by atoms with van der Waals surface area (Å²) in [4.78, 5) is 0. The second kappa shape index (κ2) is 4.73. The van der Waals surface area contributed by atoms with Crippen LogP contribution >= 0.6 is 0 Å². The minimum Gasteiger partial charge on any atom is -0.384 e. The molecule has 0 rings (SSSR count). The van der Waals surface area contributed by atoms with Gasteiger partial charge >= 0.3 is 0 Å². The van der Waals surface area contributed by atoms with Crippen molar-refractivity contribution < 1.29 is 4.74 Å². The van der Waals surface area contributed by atoms with Gasteiger partial charge in [0.25, 0.3) is 0 Å². The first-order valence-electron chi connectivity index (χ1n) is 4.23. The van der Waals surface area contributed by atoms with Crippen LogP contribution < -0.4 is 5.73 Å². The molecule has 0 heterocycles. The van der Waals surface area contributed by atoms with Gasteiger partial charge in [-0.25, -0.2) is 0 Å². The van der Waals surface area contributed by atoms with Crippen LogP contribution in [-0.2, 0) is 4.74 Å². The molecule has 0 radical (unpaired) electrons. The summed E-state index contributed by atoms with van der Waals surface area (Å²) in [7, 11) is 1.75. The van der Waals surface area contributed by atoms with Crippen LogP contribution in [0.25, 0.3) is 0 Å². The average Bonchev–Trinajstić information content (AvgIpc) is 1.88. The molecule has 0 saturated carbocycles. The van der Waals surface area contributed by atoms with E-state index in [2.05, 4.69) is 20.8 Å². The molecule has 1 atom stereocenters. The SMILES string of the molecule is COCC(C)C(C)(C)CCN. The van der Waals surface area contributed by atoms with Crippen molar-refractivity contribution in [1.29, 1.82) is 0 Å². The zero-order chi connectivity index (χ0) is 8.91. The van der Waals surface area contributed by atoms with E-state index in [9.17, 15) is 0 Å². The van der Waals surface area contributed by atoms with Crippen LogP contribution in [0.2, 0.25) is 0 Å². The Balaban J connectivity index is 3.83. The maximum absolute atomic E-state index is 5.51. The Morgan fingerprint density at radius 3 is 2.36 bits per heavy atom. The lowest BCUT2D eigenvalue weighted by atomic mass is 9.78. The van der Waals surface area contributed by atoms with Crippen LogP contribution in [0.5, 0.6) is 0 Å². The topological polar surface area (TPSA) is 35.2 Å². The van der Waals surface area contributed by atoms with Crippen LogP contribution in [0.4, 0.5) is 0 Å². The van der Waals surface area contributed by atoms with E-state index < -0.39 is 0 Å². The first-order valence-corrected chi connectivity index (χ1v) is 4.23. The molecule has 0 bridgehead atoms. The Kier molecular flexibility index (Phi) is 4.69. The van der Waals surface area contributed by atoms with Crippen LogP contribution in [0.3, 0.4) is 0 Å². The normalized spacial score (nSPS) is 15.0. The zero-order valence-electron chi connectivity index (χ0n) is 8.18. The number of hydrogen-bond donors (Lipinski definition) is 1. The van der Waals surface area contributed by atoms with Crippen molar-refractivity contribution in [2.24, 2.45) is 17.1 Å². The van der Waals surface area contributed by atoms with Crippen molar-refractivity contribution in [3.63, 3.8) is 0 Å². The number of nitrogens with two attached hydrogens (primary N) is 1. The molecule has 0 aliphatic rings. The molecular weight excluding hydrogens is 138 g/mol. The maximum Gasteiger partial charge on any atom is 0.0492 e. The molecule has 0 aliphatic heterocycles. The van der Waals surface area contributed by atoms with Crippen molar-refractivity contribution in [3.8, 4) is 0 Å². The van der Waals surface area contributed by atoms with E-state index in [0.29, 0.717) is 11.3 Å². The van der Waals surface area contributed by atoms with Gasteiger partial charge in [0, 0.05) is 13.7 Å². The molecule has 1 unspecified atom stereocenters. The molecule has 68 valence electrons. The number of methoxy groups -OCH3 is 1. The van der Waals surface area contributed by atoms with Gasteiger partial charge in [-0.1, -0.05) is 20.8 Å². The summed E-state index contributed by atoms with van der Waals surface area (Å²) < 4.78 is 5.10. The largest absolute Gasteiger partial charge is 0.384 e. The van der Waals surface area contributed by atoms with Crippen molar-refractivity contribution in [2.75, 3.05) is 20.3 Å². The molecular formula is C9H21NO. The standard InChI is InChI=1S/C9H21NO/c1-8(7-11-4)9(2,3)5-6-10/h8H,5-7,10H2,1-4H3. The third-order valence-electron chi connectivity index (χ3n) is 2.54. The molecule has 0 spiro atoms. The number of rotatable bonds is 5. The van der Waals surface area contributed by atoms with E-state index in [0.717, 1.165) is 19.6 Å². The van der Waals surface area contributed by atoms with Gasteiger partial charge < -0.3 is 10.5 Å². The smallest absolute Gasteiger partial charge is 0.0492 e. The molecule has 2 N–H and O–H groups in total.